The summed E-state index contributed by atoms with van der Waals surface area (Å²) in [5.41, 5.74) is 13.7. The average Bonchev–Trinajstić information content (AvgIpc) is 2.76. The van der Waals surface area contributed by atoms with Crippen molar-refractivity contribution in [3.8, 4) is 0 Å². The van der Waals surface area contributed by atoms with E-state index in [2.05, 4.69) is 49.1 Å². The first-order chi connectivity index (χ1) is 9.15. The maximum Gasteiger partial charge on any atom is 0.0434 e. The zero-order valence-corrected chi connectivity index (χ0v) is 11.6. The summed E-state index contributed by atoms with van der Waals surface area (Å²) in [6.07, 6.45) is 1.10. The zero-order chi connectivity index (χ0) is 13.4. The molecule has 1 aliphatic rings. The Morgan fingerprint density at radius 2 is 1.84 bits per heavy atom. The SMILES string of the molecule is Cc1cccc(C)c1CN1CCc2cc(N)ccc21. The van der Waals surface area contributed by atoms with Crippen molar-refractivity contribution in [2.24, 2.45) is 0 Å². The number of nitrogens with two attached hydrogens (primary N) is 1. The fourth-order valence-corrected chi connectivity index (χ4v) is 2.94. The standard InChI is InChI=1S/C17H20N2/c1-12-4-3-5-13(2)16(12)11-19-9-8-14-10-15(18)6-7-17(14)19/h3-7,10H,8-9,11,18H2,1-2H3. The Hall–Kier alpha value is -1.96. The lowest BCUT2D eigenvalue weighted by atomic mass is 10.0. The lowest BCUT2D eigenvalue weighted by Gasteiger charge is -2.22. The highest BCUT2D eigenvalue weighted by atomic mass is 15.1. The van der Waals surface area contributed by atoms with Crippen LogP contribution in [-0.4, -0.2) is 6.54 Å². The van der Waals surface area contributed by atoms with Gasteiger partial charge in [0.1, 0.15) is 0 Å². The van der Waals surface area contributed by atoms with Gasteiger partial charge in [0.25, 0.3) is 0 Å². The molecule has 19 heavy (non-hydrogen) atoms. The summed E-state index contributed by atoms with van der Waals surface area (Å²) < 4.78 is 0. The van der Waals surface area contributed by atoms with E-state index in [0.29, 0.717) is 0 Å². The predicted octanol–water partition coefficient (Wildman–Crippen LogP) is 3.45. The van der Waals surface area contributed by atoms with E-state index >= 15 is 0 Å². The Balaban J connectivity index is 1.91. The van der Waals surface area contributed by atoms with Gasteiger partial charge in [-0.05, 0) is 60.7 Å². The molecule has 98 valence electrons. The number of anilines is 2. The van der Waals surface area contributed by atoms with Crippen LogP contribution in [0.2, 0.25) is 0 Å². The molecule has 2 heteroatoms. The van der Waals surface area contributed by atoms with Gasteiger partial charge in [-0.2, -0.15) is 0 Å². The minimum atomic E-state index is 0.868. The number of nitrogens with zero attached hydrogens (tertiary/aromatic N) is 1. The predicted molar refractivity (Wildman–Crippen MR) is 81.5 cm³/mol. The van der Waals surface area contributed by atoms with Crippen molar-refractivity contribution in [3.63, 3.8) is 0 Å². The monoisotopic (exact) mass is 252 g/mol. The van der Waals surface area contributed by atoms with Crippen LogP contribution >= 0.6 is 0 Å². The van der Waals surface area contributed by atoms with Gasteiger partial charge in [-0.1, -0.05) is 18.2 Å². The molecule has 0 spiro atoms. The summed E-state index contributed by atoms with van der Waals surface area (Å²) in [7, 11) is 0. The van der Waals surface area contributed by atoms with Crippen LogP contribution in [-0.2, 0) is 13.0 Å². The number of fused-ring (bicyclic) bond motifs is 1. The first-order valence-corrected chi connectivity index (χ1v) is 6.83. The van der Waals surface area contributed by atoms with E-state index in [1.165, 1.54) is 27.9 Å². The van der Waals surface area contributed by atoms with Crippen LogP contribution in [0.5, 0.6) is 0 Å². The Bertz CT molecular complexity index is 596. The molecule has 2 aromatic carbocycles. The van der Waals surface area contributed by atoms with Crippen LogP contribution in [0.4, 0.5) is 11.4 Å². The molecular weight excluding hydrogens is 232 g/mol. The molecule has 0 aliphatic carbocycles. The summed E-state index contributed by atoms with van der Waals surface area (Å²) in [5, 5.41) is 0. The van der Waals surface area contributed by atoms with Crippen LogP contribution in [0.3, 0.4) is 0 Å². The Morgan fingerprint density at radius 3 is 2.58 bits per heavy atom. The summed E-state index contributed by atoms with van der Waals surface area (Å²) in [6.45, 7) is 6.48. The summed E-state index contributed by atoms with van der Waals surface area (Å²) in [6, 6.07) is 12.8. The van der Waals surface area contributed by atoms with Gasteiger partial charge in [-0.15, -0.1) is 0 Å². The minimum Gasteiger partial charge on any atom is -0.399 e. The second-order valence-corrected chi connectivity index (χ2v) is 5.43. The summed E-state index contributed by atoms with van der Waals surface area (Å²) >= 11 is 0. The quantitative estimate of drug-likeness (QED) is 0.829. The van der Waals surface area contributed by atoms with Gasteiger partial charge in [-0.3, -0.25) is 0 Å². The highest BCUT2D eigenvalue weighted by Crippen LogP contribution is 2.31. The third-order valence-electron chi connectivity index (χ3n) is 4.09. The molecule has 0 unspecified atom stereocenters. The van der Waals surface area contributed by atoms with E-state index < -0.39 is 0 Å². The van der Waals surface area contributed by atoms with Gasteiger partial charge in [-0.25, -0.2) is 0 Å². The number of aryl methyl sites for hydroxylation is 2. The van der Waals surface area contributed by atoms with Gasteiger partial charge in [0.05, 0.1) is 0 Å². The maximum absolute atomic E-state index is 5.86. The Morgan fingerprint density at radius 1 is 1.11 bits per heavy atom. The smallest absolute Gasteiger partial charge is 0.0434 e. The molecule has 0 fully saturated rings. The second-order valence-electron chi connectivity index (χ2n) is 5.43. The molecule has 0 radical (unpaired) electrons. The largest absolute Gasteiger partial charge is 0.399 e. The van der Waals surface area contributed by atoms with E-state index in [4.69, 9.17) is 5.73 Å². The molecule has 0 saturated carbocycles. The molecule has 0 bridgehead atoms. The number of benzene rings is 2. The lowest BCUT2D eigenvalue weighted by Crippen LogP contribution is -2.20. The lowest BCUT2D eigenvalue weighted by molar-refractivity contribution is 0.826. The van der Waals surface area contributed by atoms with Crippen LogP contribution in [0.25, 0.3) is 0 Å². The van der Waals surface area contributed by atoms with E-state index in [-0.39, 0.29) is 0 Å². The fourth-order valence-electron chi connectivity index (χ4n) is 2.94. The van der Waals surface area contributed by atoms with Gasteiger partial charge in [0.2, 0.25) is 0 Å². The van der Waals surface area contributed by atoms with Crippen molar-refractivity contribution < 1.29 is 0 Å². The first-order valence-electron chi connectivity index (χ1n) is 6.83. The molecule has 0 saturated heterocycles. The molecule has 0 amide bonds. The third-order valence-corrected chi connectivity index (χ3v) is 4.09. The van der Waals surface area contributed by atoms with Crippen molar-refractivity contribution in [1.82, 2.24) is 0 Å². The van der Waals surface area contributed by atoms with Crippen molar-refractivity contribution in [1.29, 1.82) is 0 Å². The van der Waals surface area contributed by atoms with Crippen molar-refractivity contribution in [3.05, 3.63) is 58.7 Å². The van der Waals surface area contributed by atoms with E-state index in [9.17, 15) is 0 Å². The van der Waals surface area contributed by atoms with Gasteiger partial charge in [0, 0.05) is 24.5 Å². The number of hydrogen-bond acceptors (Lipinski definition) is 2. The fraction of sp³-hybridized carbons (Fsp3) is 0.294. The third kappa shape index (κ3) is 2.19. The molecule has 2 N–H and O–H groups in total. The Kier molecular flexibility index (Phi) is 2.94. The second kappa shape index (κ2) is 4.61. The molecule has 0 atom stereocenters. The summed E-state index contributed by atoms with van der Waals surface area (Å²) in [5.74, 6) is 0. The van der Waals surface area contributed by atoms with Gasteiger partial charge in [0.15, 0.2) is 0 Å². The normalized spacial score (nSPS) is 13.7. The molecule has 1 heterocycles. The average molecular weight is 252 g/mol. The van der Waals surface area contributed by atoms with Crippen LogP contribution in [0.15, 0.2) is 36.4 Å². The van der Waals surface area contributed by atoms with Crippen LogP contribution in [0.1, 0.15) is 22.3 Å². The van der Waals surface area contributed by atoms with Crippen molar-refractivity contribution in [2.75, 3.05) is 17.2 Å². The minimum absolute atomic E-state index is 0.868. The number of nitrogen functional groups attached to an aromatic ring is 1. The highest BCUT2D eigenvalue weighted by Gasteiger charge is 2.20. The number of hydrogen-bond donors (Lipinski definition) is 1. The molecule has 3 rings (SSSR count). The topological polar surface area (TPSA) is 29.3 Å². The highest BCUT2D eigenvalue weighted by molar-refractivity contribution is 5.63. The zero-order valence-electron chi connectivity index (χ0n) is 11.6. The molecular formula is C17H20N2. The molecule has 0 aromatic heterocycles. The van der Waals surface area contributed by atoms with Gasteiger partial charge >= 0.3 is 0 Å². The maximum atomic E-state index is 5.86. The Labute approximate surface area is 114 Å². The molecule has 2 nitrogen and oxygen atoms in total. The molecule has 2 aromatic rings. The van der Waals surface area contributed by atoms with E-state index in [0.717, 1.165) is 25.2 Å². The van der Waals surface area contributed by atoms with E-state index in [1.54, 1.807) is 0 Å². The van der Waals surface area contributed by atoms with Crippen molar-refractivity contribution >= 4 is 11.4 Å². The van der Waals surface area contributed by atoms with Crippen molar-refractivity contribution in [2.45, 2.75) is 26.8 Å². The summed E-state index contributed by atoms with van der Waals surface area (Å²) in [4.78, 5) is 2.46. The van der Waals surface area contributed by atoms with Gasteiger partial charge < -0.3 is 10.6 Å². The van der Waals surface area contributed by atoms with E-state index in [1.807, 2.05) is 6.07 Å². The first kappa shape index (κ1) is 12.1. The molecule has 1 aliphatic heterocycles. The van der Waals surface area contributed by atoms with Crippen LogP contribution < -0.4 is 10.6 Å². The number of rotatable bonds is 2. The van der Waals surface area contributed by atoms with Crippen LogP contribution in [0, 0.1) is 13.8 Å².